The maximum Gasteiger partial charge on any atom is 0.311 e. The smallest absolute Gasteiger partial charge is 0.311 e. The van der Waals surface area contributed by atoms with Crippen molar-refractivity contribution in [1.82, 2.24) is 0 Å². The second-order valence-electron chi connectivity index (χ2n) is 9.12. The van der Waals surface area contributed by atoms with Crippen molar-refractivity contribution in [3.63, 3.8) is 0 Å². The molecule has 0 saturated heterocycles. The minimum Gasteiger partial charge on any atom is -0.481 e. The Bertz CT molecular complexity index is 1730. The maximum atomic E-state index is 13.0. The van der Waals surface area contributed by atoms with Gasteiger partial charge in [-0.05, 0) is 64.7 Å². The largest absolute Gasteiger partial charge is 0.481 e. The van der Waals surface area contributed by atoms with Crippen LogP contribution in [0.1, 0.15) is 22.6 Å². The van der Waals surface area contributed by atoms with E-state index in [-0.39, 0.29) is 0 Å². The summed E-state index contributed by atoms with van der Waals surface area (Å²) in [5.74, 6) is -1.86. The van der Waals surface area contributed by atoms with E-state index in [4.69, 9.17) is 15.6 Å². The molecule has 2 aliphatic carbocycles. The first-order chi connectivity index (χ1) is 18.0. The van der Waals surface area contributed by atoms with Crippen LogP contribution in [0, 0.1) is 23.5 Å². The molecule has 0 amide bonds. The third-order valence-electron chi connectivity index (χ3n) is 6.82. The molecule has 3 aromatic carbocycles. The molecule has 6 rings (SSSR count). The molecular formula is C32H22N2O3. The first kappa shape index (κ1) is 22.4. The van der Waals surface area contributed by atoms with Crippen LogP contribution in [0.5, 0.6) is 0 Å². The Kier molecular flexibility index (Phi) is 5.36. The van der Waals surface area contributed by atoms with Crippen molar-refractivity contribution in [3.8, 4) is 11.3 Å². The first-order valence-corrected chi connectivity index (χ1v) is 11.9. The molecule has 3 aromatic rings. The van der Waals surface area contributed by atoms with E-state index in [1.807, 2.05) is 66.7 Å². The number of nitrogen functional groups attached to an aromatic ring is 1. The van der Waals surface area contributed by atoms with Crippen LogP contribution in [-0.4, -0.2) is 11.1 Å². The van der Waals surface area contributed by atoms with Crippen LogP contribution in [0.3, 0.4) is 0 Å². The Morgan fingerprint density at radius 3 is 2.59 bits per heavy atom. The lowest BCUT2D eigenvalue weighted by Crippen LogP contribution is -2.26. The fourth-order valence-corrected chi connectivity index (χ4v) is 5.20. The summed E-state index contributed by atoms with van der Waals surface area (Å²) in [6, 6.07) is 32.1. The van der Waals surface area contributed by atoms with Gasteiger partial charge in [-0.3, -0.25) is 4.79 Å². The maximum absolute atomic E-state index is 13.0. The number of hydrogen-bond acceptors (Lipinski definition) is 4. The van der Waals surface area contributed by atoms with Crippen LogP contribution < -0.4 is 11.1 Å². The molecule has 2 atom stereocenters. The molecule has 5 heteroatoms. The molecule has 178 valence electrons. The summed E-state index contributed by atoms with van der Waals surface area (Å²) in [5, 5.41) is 19.8. The van der Waals surface area contributed by atoms with Crippen LogP contribution in [0.2, 0.25) is 0 Å². The lowest BCUT2D eigenvalue weighted by Gasteiger charge is -2.31. The van der Waals surface area contributed by atoms with Gasteiger partial charge in [0.1, 0.15) is 11.3 Å². The van der Waals surface area contributed by atoms with Gasteiger partial charge in [0, 0.05) is 40.3 Å². The van der Waals surface area contributed by atoms with E-state index in [9.17, 15) is 9.90 Å². The van der Waals surface area contributed by atoms with E-state index in [1.165, 1.54) is 0 Å². The van der Waals surface area contributed by atoms with E-state index in [2.05, 4.69) is 12.1 Å². The van der Waals surface area contributed by atoms with Crippen LogP contribution in [0.15, 0.2) is 101 Å². The Hall–Kier alpha value is -5.08. The van der Waals surface area contributed by atoms with Crippen LogP contribution in [0.25, 0.3) is 33.4 Å². The third-order valence-corrected chi connectivity index (χ3v) is 6.82. The average Bonchev–Trinajstić information content (AvgIpc) is 2.91. The Morgan fingerprint density at radius 2 is 1.84 bits per heavy atom. The Morgan fingerprint density at radius 1 is 1.00 bits per heavy atom. The van der Waals surface area contributed by atoms with E-state index in [0.29, 0.717) is 33.5 Å². The van der Waals surface area contributed by atoms with Crippen molar-refractivity contribution in [2.24, 2.45) is 5.92 Å². The zero-order valence-electron chi connectivity index (χ0n) is 19.7. The van der Waals surface area contributed by atoms with Gasteiger partial charge in [-0.15, -0.1) is 0 Å². The number of anilines is 1. The zero-order chi connectivity index (χ0) is 25.5. The number of hydrogen-bond donors (Lipinski definition) is 3. The van der Waals surface area contributed by atoms with Crippen LogP contribution in [-0.2, 0) is 4.79 Å². The lowest BCUT2D eigenvalue weighted by atomic mass is 9.71. The van der Waals surface area contributed by atoms with Gasteiger partial charge in [0.2, 0.25) is 0 Å². The highest BCUT2D eigenvalue weighted by Crippen LogP contribution is 2.48. The highest BCUT2D eigenvalue weighted by Gasteiger charge is 2.38. The molecule has 1 heterocycles. The molecule has 0 aromatic heterocycles. The lowest BCUT2D eigenvalue weighted by molar-refractivity contribution is -0.140. The number of aliphatic carboxylic acids is 1. The first-order valence-electron chi connectivity index (χ1n) is 11.9. The van der Waals surface area contributed by atoms with Gasteiger partial charge in [0.15, 0.2) is 0 Å². The van der Waals surface area contributed by atoms with E-state index in [0.717, 1.165) is 27.6 Å². The molecule has 1 aliphatic heterocycles. The summed E-state index contributed by atoms with van der Waals surface area (Å²) in [5.41, 5.74) is 12.0. The molecule has 0 radical (unpaired) electrons. The molecule has 4 N–H and O–H groups in total. The average molecular weight is 483 g/mol. The summed E-state index contributed by atoms with van der Waals surface area (Å²) < 4.78 is 6.16. The van der Waals surface area contributed by atoms with E-state index in [1.54, 1.807) is 30.3 Å². The van der Waals surface area contributed by atoms with Gasteiger partial charge < -0.3 is 20.7 Å². The van der Waals surface area contributed by atoms with Gasteiger partial charge in [0.25, 0.3) is 0 Å². The summed E-state index contributed by atoms with van der Waals surface area (Å²) >= 11 is 0. The van der Waals surface area contributed by atoms with Gasteiger partial charge in [-0.1, -0.05) is 54.6 Å². The van der Waals surface area contributed by atoms with Crippen molar-refractivity contribution in [2.75, 3.05) is 5.73 Å². The number of carboxylic acids is 1. The van der Waals surface area contributed by atoms with Crippen LogP contribution in [0.4, 0.5) is 5.69 Å². The number of fused-ring (bicyclic) bond motifs is 2. The second-order valence-corrected chi connectivity index (χ2v) is 9.12. The van der Waals surface area contributed by atoms with Gasteiger partial charge in [-0.25, -0.2) is 0 Å². The highest BCUT2D eigenvalue weighted by molar-refractivity contribution is 5.99. The molecule has 2 unspecified atom stereocenters. The Balaban J connectivity index is 1.70. The van der Waals surface area contributed by atoms with Gasteiger partial charge in [0.05, 0.1) is 11.3 Å². The topological polar surface area (TPSA) is 100 Å². The number of benzene rings is 3. The minimum absolute atomic E-state index is 0.305. The molecular weight excluding hydrogens is 460 g/mol. The predicted molar refractivity (Wildman–Crippen MR) is 143 cm³/mol. The molecule has 0 spiro atoms. The normalized spacial score (nSPS) is 17.2. The Labute approximate surface area is 213 Å². The van der Waals surface area contributed by atoms with Crippen molar-refractivity contribution < 1.29 is 14.3 Å². The number of allylic oxidation sites excluding steroid dienone is 3. The summed E-state index contributed by atoms with van der Waals surface area (Å²) in [6.07, 6.45) is 3.98. The monoisotopic (exact) mass is 482 g/mol. The zero-order valence-corrected chi connectivity index (χ0v) is 19.7. The van der Waals surface area contributed by atoms with Gasteiger partial charge in [-0.2, -0.15) is 0 Å². The van der Waals surface area contributed by atoms with Crippen molar-refractivity contribution in [3.05, 3.63) is 131 Å². The van der Waals surface area contributed by atoms with Crippen LogP contribution >= 0.6 is 0 Å². The number of nitrogens with one attached hydrogen (secondary N) is 1. The predicted octanol–water partition coefficient (Wildman–Crippen LogP) is 6.16. The SMILES string of the molecule is N=c1ccc2c(C3C=C(c4ccccc4)C=C(c4c#cccc4)C3C(=O)O)c3ccc(N)cc3oc-2c1. The minimum atomic E-state index is -0.938. The van der Waals surface area contributed by atoms with Crippen molar-refractivity contribution >= 4 is 33.8 Å². The fraction of sp³-hybridized carbons (Fsp3) is 0.0625. The van der Waals surface area contributed by atoms with Gasteiger partial charge >= 0.3 is 5.97 Å². The third kappa shape index (κ3) is 3.95. The van der Waals surface area contributed by atoms with Crippen molar-refractivity contribution in [2.45, 2.75) is 5.92 Å². The molecule has 37 heavy (non-hydrogen) atoms. The molecule has 5 nitrogen and oxygen atoms in total. The summed E-state index contributed by atoms with van der Waals surface area (Å²) in [4.78, 5) is 13.0. The standard InChI is InChI=1S/C32H22N2O3/c33-22-11-13-24-28(17-22)37-29-18-23(34)12-14-25(29)30(24)27-16-21(19-7-3-1-4-8-19)15-26(31(27)32(35)36)20-9-5-2-6-10-20/h1-5,7-9,11-18,27,31,33H,34H2,(H,35,36). The second kappa shape index (κ2) is 8.85. The molecule has 0 fully saturated rings. The number of rotatable bonds is 4. The number of carbonyl (C=O) groups is 1. The van der Waals surface area contributed by atoms with E-state index >= 15 is 0 Å². The molecule has 0 saturated carbocycles. The molecule has 0 bridgehead atoms. The summed E-state index contributed by atoms with van der Waals surface area (Å²) in [6.45, 7) is 0. The molecule has 3 aliphatic rings. The number of carboxylic acid groups (broad SMARTS) is 1. The summed E-state index contributed by atoms with van der Waals surface area (Å²) in [7, 11) is 0. The van der Waals surface area contributed by atoms with E-state index < -0.39 is 17.8 Å². The van der Waals surface area contributed by atoms with Crippen molar-refractivity contribution in [1.29, 1.82) is 5.41 Å². The quantitative estimate of drug-likeness (QED) is 0.211. The number of nitrogens with two attached hydrogens (primary N) is 1. The fourth-order valence-electron chi connectivity index (χ4n) is 5.20. The highest BCUT2D eigenvalue weighted by atomic mass is 16.4.